The summed E-state index contributed by atoms with van der Waals surface area (Å²) in [5.74, 6) is 0.0380. The Morgan fingerprint density at radius 2 is 2.50 bits per heavy atom. The van der Waals surface area contributed by atoms with Gasteiger partial charge in [0.15, 0.2) is 0 Å². The van der Waals surface area contributed by atoms with E-state index in [1.807, 2.05) is 17.9 Å². The van der Waals surface area contributed by atoms with Gasteiger partial charge in [0.1, 0.15) is 6.54 Å². The number of ether oxygens (including phenoxy) is 1. The van der Waals surface area contributed by atoms with Gasteiger partial charge in [-0.1, -0.05) is 0 Å². The van der Waals surface area contributed by atoms with Gasteiger partial charge in [-0.2, -0.15) is 10.2 Å². The summed E-state index contributed by atoms with van der Waals surface area (Å²) in [6, 6.07) is 1.71. The van der Waals surface area contributed by atoms with Gasteiger partial charge < -0.3 is 9.64 Å². The van der Waals surface area contributed by atoms with Crippen molar-refractivity contribution in [3.63, 3.8) is 0 Å². The Labute approximate surface area is 116 Å². The molecule has 7 nitrogen and oxygen atoms in total. The first-order valence-electron chi connectivity index (χ1n) is 6.60. The summed E-state index contributed by atoms with van der Waals surface area (Å²) in [5, 5.41) is 11.1. The maximum atomic E-state index is 12.5. The molecule has 106 valence electrons. The number of carbonyl (C=O) groups is 1. The number of nitrogens with zero attached hydrogens (tertiary/aromatic N) is 4. The van der Waals surface area contributed by atoms with Gasteiger partial charge in [0.05, 0.1) is 31.1 Å². The second-order valence-corrected chi connectivity index (χ2v) is 4.85. The van der Waals surface area contributed by atoms with Crippen LogP contribution in [0.2, 0.25) is 0 Å². The lowest BCUT2D eigenvalue weighted by atomic mass is 10.1. The quantitative estimate of drug-likeness (QED) is 0.885. The van der Waals surface area contributed by atoms with Crippen LogP contribution in [0, 0.1) is 6.92 Å². The van der Waals surface area contributed by atoms with Gasteiger partial charge in [0.25, 0.3) is 0 Å². The van der Waals surface area contributed by atoms with E-state index >= 15 is 0 Å². The molecule has 0 aliphatic carbocycles. The van der Waals surface area contributed by atoms with Crippen LogP contribution in [0.3, 0.4) is 0 Å². The second-order valence-electron chi connectivity index (χ2n) is 4.85. The third kappa shape index (κ3) is 2.44. The summed E-state index contributed by atoms with van der Waals surface area (Å²) in [4.78, 5) is 14.3. The first kappa shape index (κ1) is 12.9. The van der Waals surface area contributed by atoms with Crippen molar-refractivity contribution in [3.8, 4) is 0 Å². The lowest BCUT2D eigenvalue weighted by molar-refractivity contribution is -0.141. The largest absolute Gasteiger partial charge is 0.377 e. The highest BCUT2D eigenvalue weighted by Crippen LogP contribution is 2.25. The fraction of sp³-hybridized carbons (Fsp3) is 0.462. The average molecular weight is 275 g/mol. The molecule has 2 aromatic rings. The van der Waals surface area contributed by atoms with Crippen molar-refractivity contribution in [1.82, 2.24) is 24.9 Å². The van der Waals surface area contributed by atoms with Gasteiger partial charge in [-0.25, -0.2) is 0 Å². The van der Waals surface area contributed by atoms with E-state index < -0.39 is 0 Å². The molecule has 0 radical (unpaired) electrons. The standard InChI is InChI=1S/C13H17N5O2/c1-10-7-14-16-13(10)11-9-20-6-5-18(11)12(19)8-17-4-2-3-15-17/h2-4,7,11H,5-6,8-9H2,1H3,(H,14,16). The second kappa shape index (κ2) is 5.46. The van der Waals surface area contributed by atoms with Crippen LogP contribution in [-0.2, 0) is 16.1 Å². The molecule has 1 atom stereocenters. The van der Waals surface area contributed by atoms with E-state index in [1.54, 1.807) is 23.3 Å². The van der Waals surface area contributed by atoms with Gasteiger partial charge in [-0.3, -0.25) is 14.6 Å². The zero-order valence-corrected chi connectivity index (χ0v) is 11.3. The van der Waals surface area contributed by atoms with Crippen molar-refractivity contribution in [1.29, 1.82) is 0 Å². The van der Waals surface area contributed by atoms with E-state index in [2.05, 4.69) is 15.3 Å². The summed E-state index contributed by atoms with van der Waals surface area (Å²) in [5.41, 5.74) is 1.98. The molecule has 0 bridgehead atoms. The van der Waals surface area contributed by atoms with E-state index in [0.717, 1.165) is 11.3 Å². The van der Waals surface area contributed by atoms with Crippen LogP contribution < -0.4 is 0 Å². The Morgan fingerprint density at radius 1 is 1.60 bits per heavy atom. The molecule has 7 heteroatoms. The Balaban J connectivity index is 1.78. The van der Waals surface area contributed by atoms with Gasteiger partial charge >= 0.3 is 0 Å². The number of aryl methyl sites for hydroxylation is 1. The van der Waals surface area contributed by atoms with Crippen molar-refractivity contribution >= 4 is 5.91 Å². The number of aromatic amines is 1. The summed E-state index contributed by atoms with van der Waals surface area (Å²) in [6.07, 6.45) is 5.22. The molecule has 1 aliphatic rings. The molecule has 3 rings (SSSR count). The van der Waals surface area contributed by atoms with Crippen LogP contribution in [0.1, 0.15) is 17.3 Å². The highest BCUT2D eigenvalue weighted by Gasteiger charge is 2.30. The predicted octanol–water partition coefficient (Wildman–Crippen LogP) is 0.515. The summed E-state index contributed by atoms with van der Waals surface area (Å²) >= 11 is 0. The third-order valence-electron chi connectivity index (χ3n) is 3.51. The normalized spacial score (nSPS) is 19.2. The minimum atomic E-state index is -0.102. The van der Waals surface area contributed by atoms with Crippen LogP contribution in [0.4, 0.5) is 0 Å². The lowest BCUT2D eigenvalue weighted by Crippen LogP contribution is -2.45. The molecule has 1 fully saturated rings. The maximum Gasteiger partial charge on any atom is 0.245 e. The first-order valence-corrected chi connectivity index (χ1v) is 6.60. The Kier molecular flexibility index (Phi) is 3.51. The van der Waals surface area contributed by atoms with Crippen LogP contribution in [0.25, 0.3) is 0 Å². The third-order valence-corrected chi connectivity index (χ3v) is 3.51. The van der Waals surface area contributed by atoms with E-state index in [4.69, 9.17) is 4.74 Å². The molecule has 0 aromatic carbocycles. The van der Waals surface area contributed by atoms with E-state index in [-0.39, 0.29) is 18.5 Å². The topological polar surface area (TPSA) is 76.0 Å². The summed E-state index contributed by atoms with van der Waals surface area (Å²) in [6.45, 7) is 3.87. The minimum Gasteiger partial charge on any atom is -0.377 e. The number of hydrogen-bond donors (Lipinski definition) is 1. The smallest absolute Gasteiger partial charge is 0.245 e. The molecule has 2 aromatic heterocycles. The molecule has 3 heterocycles. The van der Waals surface area contributed by atoms with E-state index in [0.29, 0.717) is 19.8 Å². The van der Waals surface area contributed by atoms with E-state index in [1.165, 1.54) is 0 Å². The fourth-order valence-electron chi connectivity index (χ4n) is 2.46. The molecule has 1 saturated heterocycles. The number of aromatic nitrogens is 4. The van der Waals surface area contributed by atoms with Crippen molar-refractivity contribution in [2.45, 2.75) is 19.5 Å². The average Bonchev–Trinajstić information content (AvgIpc) is 3.10. The van der Waals surface area contributed by atoms with Crippen molar-refractivity contribution in [3.05, 3.63) is 35.9 Å². The molecule has 0 spiro atoms. The summed E-state index contributed by atoms with van der Waals surface area (Å²) in [7, 11) is 0. The molecule has 1 amide bonds. The van der Waals surface area contributed by atoms with Crippen LogP contribution in [-0.4, -0.2) is 50.5 Å². The number of nitrogens with one attached hydrogen (secondary N) is 1. The van der Waals surface area contributed by atoms with Crippen LogP contribution in [0.15, 0.2) is 24.7 Å². The van der Waals surface area contributed by atoms with Crippen LogP contribution in [0.5, 0.6) is 0 Å². The Hall–Kier alpha value is -2.15. The Morgan fingerprint density at radius 3 is 3.20 bits per heavy atom. The molecule has 20 heavy (non-hydrogen) atoms. The van der Waals surface area contributed by atoms with Crippen molar-refractivity contribution in [2.75, 3.05) is 19.8 Å². The van der Waals surface area contributed by atoms with Gasteiger partial charge in [-0.15, -0.1) is 0 Å². The maximum absolute atomic E-state index is 12.5. The highest BCUT2D eigenvalue weighted by atomic mass is 16.5. The van der Waals surface area contributed by atoms with Crippen molar-refractivity contribution in [2.24, 2.45) is 0 Å². The first-order chi connectivity index (χ1) is 9.75. The molecular formula is C13H17N5O2. The molecule has 0 saturated carbocycles. The zero-order valence-electron chi connectivity index (χ0n) is 11.3. The zero-order chi connectivity index (χ0) is 13.9. The number of rotatable bonds is 3. The van der Waals surface area contributed by atoms with Gasteiger partial charge in [0, 0.05) is 18.9 Å². The SMILES string of the molecule is Cc1cn[nH]c1C1COCCN1C(=O)Cn1cccn1. The minimum absolute atomic E-state index is 0.0380. The van der Waals surface area contributed by atoms with Crippen LogP contribution >= 0.6 is 0 Å². The lowest BCUT2D eigenvalue weighted by Gasteiger charge is -2.35. The number of hydrogen-bond acceptors (Lipinski definition) is 4. The number of H-pyrrole nitrogens is 1. The fourth-order valence-corrected chi connectivity index (χ4v) is 2.46. The molecule has 1 aliphatic heterocycles. The number of amides is 1. The predicted molar refractivity (Wildman–Crippen MR) is 70.8 cm³/mol. The number of carbonyl (C=O) groups excluding carboxylic acids is 1. The van der Waals surface area contributed by atoms with E-state index in [9.17, 15) is 4.79 Å². The molecule has 1 N–H and O–H groups in total. The Bertz CT molecular complexity index is 577. The monoisotopic (exact) mass is 275 g/mol. The summed E-state index contributed by atoms with van der Waals surface area (Å²) < 4.78 is 7.15. The van der Waals surface area contributed by atoms with Gasteiger partial charge in [-0.05, 0) is 18.6 Å². The molecule has 1 unspecified atom stereocenters. The number of morpholine rings is 1. The van der Waals surface area contributed by atoms with Crippen molar-refractivity contribution < 1.29 is 9.53 Å². The molecular weight excluding hydrogens is 258 g/mol. The van der Waals surface area contributed by atoms with Gasteiger partial charge in [0.2, 0.25) is 5.91 Å². The highest BCUT2D eigenvalue weighted by molar-refractivity contribution is 5.76.